The number of hydrogen-bond acceptors (Lipinski definition) is 7. The molecule has 0 heterocycles. The molecule has 0 saturated heterocycles. The predicted octanol–water partition coefficient (Wildman–Crippen LogP) is 8.22. The number of fused-ring (bicyclic) bond motifs is 3. The predicted molar refractivity (Wildman–Crippen MR) is 213 cm³/mol. The third-order valence-electron chi connectivity index (χ3n) is 9.08. The molecular formula is C35H55I3O7. The third kappa shape index (κ3) is 9.43. The van der Waals surface area contributed by atoms with Crippen LogP contribution in [0.2, 0.25) is 0 Å². The van der Waals surface area contributed by atoms with Gasteiger partial charge < -0.3 is 28.4 Å². The van der Waals surface area contributed by atoms with Gasteiger partial charge in [-0.15, -0.1) is 62.2 Å². The number of carbonyl (C=O) groups excluding carboxylic acids is 1. The molecule has 0 amide bonds. The van der Waals surface area contributed by atoms with Crippen molar-refractivity contribution in [1.29, 1.82) is 0 Å². The Morgan fingerprint density at radius 1 is 1.00 bits per heavy atom. The smallest absolute Gasteiger partial charge is 0.332 e. The van der Waals surface area contributed by atoms with Gasteiger partial charge in [-0.1, -0.05) is 26.0 Å². The maximum absolute atomic E-state index is 12.1. The van der Waals surface area contributed by atoms with Crippen molar-refractivity contribution in [2.45, 2.75) is 107 Å². The molecule has 0 unspecified atom stereocenters. The summed E-state index contributed by atoms with van der Waals surface area (Å²) in [4.78, 5) is 12.1. The SMILES string of the molecule is C=I[C@@]12[C@H](CCCCOCC(=O)OC(C)(C)C)Cc3cc(OCOC)ccc3[C@@]1(I=C)CCC[C@@H](OCOC)CC[C@@]2(C)I=C. The molecule has 2 aliphatic carbocycles. The lowest BCUT2D eigenvalue weighted by Gasteiger charge is -2.62. The number of alkyl halides is 3. The summed E-state index contributed by atoms with van der Waals surface area (Å²) >= 11 is -1.25. The van der Waals surface area contributed by atoms with Gasteiger partial charge in [0.2, 0.25) is 0 Å². The molecule has 1 aromatic carbocycles. The minimum Gasteiger partial charge on any atom is -0.468 e. The number of hydrogen-bond donors (Lipinski definition) is 0. The standard InChI is InChI=1S/C35H55I3O7/c1-32(2,3)45-31(39)23-42-20-11-10-13-27-21-26-22-29(44-25-41-9)15-16-30(26)34(37-6)18-12-14-28(43-24-40-8)17-19-33(4,36-5)35(27,34)38-7/h15-16,22,27-28H,5-7,10-14,17-21,23-25H2,1-4,8-9H3/t27-,28-,33-,34+,35-/m1/s1. The van der Waals surface area contributed by atoms with E-state index in [4.69, 9.17) is 42.0 Å². The Labute approximate surface area is 301 Å². The first-order valence-electron chi connectivity index (χ1n) is 15.8. The Hall–Kier alpha value is 0.130. The van der Waals surface area contributed by atoms with Crippen LogP contribution in [-0.2, 0) is 38.3 Å². The summed E-state index contributed by atoms with van der Waals surface area (Å²) in [5.41, 5.74) is 2.40. The van der Waals surface area contributed by atoms with Crippen molar-refractivity contribution in [2.75, 3.05) is 41.0 Å². The van der Waals surface area contributed by atoms with Gasteiger partial charge in [0.15, 0.2) is 6.79 Å². The van der Waals surface area contributed by atoms with Gasteiger partial charge in [-0.2, -0.15) is 0 Å². The van der Waals surface area contributed by atoms with E-state index in [-0.39, 0.29) is 56.5 Å². The van der Waals surface area contributed by atoms with Gasteiger partial charge in [-0.05, 0) is 108 Å². The Morgan fingerprint density at radius 2 is 1.76 bits per heavy atom. The molecule has 0 radical (unpaired) electrons. The molecule has 1 aromatic rings. The Kier molecular flexibility index (Phi) is 16.0. The van der Waals surface area contributed by atoms with E-state index in [1.807, 2.05) is 20.8 Å². The molecule has 2 aliphatic rings. The monoisotopic (exact) mass is 968 g/mol. The van der Waals surface area contributed by atoms with Crippen molar-refractivity contribution in [3.8, 4) is 5.75 Å². The topological polar surface area (TPSA) is 72.5 Å². The Balaban J connectivity index is 1.99. The highest BCUT2D eigenvalue weighted by Crippen LogP contribution is 2.70. The lowest BCUT2D eigenvalue weighted by Crippen LogP contribution is -2.63. The summed E-state index contributed by atoms with van der Waals surface area (Å²) < 4.78 is 48.6. The number of unbranched alkanes of at least 4 members (excludes halogenated alkanes) is 1. The second-order valence-corrected chi connectivity index (χ2v) is 21.4. The lowest BCUT2D eigenvalue weighted by molar-refractivity contribution is -0.160. The summed E-state index contributed by atoms with van der Waals surface area (Å²) in [7, 11) is 3.36. The largest absolute Gasteiger partial charge is 0.468 e. The van der Waals surface area contributed by atoms with Crippen LogP contribution in [0.25, 0.3) is 0 Å². The van der Waals surface area contributed by atoms with Crippen LogP contribution in [0.3, 0.4) is 0 Å². The second kappa shape index (κ2) is 18.2. The number of methoxy groups -OCH3 is 2. The normalized spacial score (nSPS) is 28.7. The van der Waals surface area contributed by atoms with E-state index in [1.54, 1.807) is 14.2 Å². The zero-order valence-electron chi connectivity index (χ0n) is 28.2. The van der Waals surface area contributed by atoms with Gasteiger partial charge >= 0.3 is 5.97 Å². The zero-order chi connectivity index (χ0) is 33.1. The van der Waals surface area contributed by atoms with Crippen LogP contribution in [0.1, 0.15) is 90.2 Å². The van der Waals surface area contributed by atoms with Crippen LogP contribution in [0, 0.1) is 5.92 Å². The van der Waals surface area contributed by atoms with E-state index < -0.39 is 47.1 Å². The lowest BCUT2D eigenvalue weighted by atomic mass is 9.61. The van der Waals surface area contributed by atoms with Gasteiger partial charge in [0, 0.05) is 24.2 Å². The number of ether oxygens (including phenoxy) is 6. The molecule has 258 valence electrons. The molecule has 1 fully saturated rings. The quantitative estimate of drug-likeness (QED) is 0.0544. The van der Waals surface area contributed by atoms with Crippen molar-refractivity contribution >= 4 is 81.7 Å². The van der Waals surface area contributed by atoms with Crippen molar-refractivity contribution in [2.24, 2.45) is 5.92 Å². The number of rotatable bonds is 16. The summed E-state index contributed by atoms with van der Waals surface area (Å²) in [5, 5.41) is 0. The number of carbonyl (C=O) groups is 1. The summed E-state index contributed by atoms with van der Waals surface area (Å²) in [6.45, 7) is 9.31. The molecule has 0 bridgehead atoms. The maximum Gasteiger partial charge on any atom is 0.332 e. The zero-order valence-corrected chi connectivity index (χ0v) is 34.7. The van der Waals surface area contributed by atoms with Crippen molar-refractivity contribution in [1.82, 2.24) is 0 Å². The molecule has 5 atom stereocenters. The molecule has 45 heavy (non-hydrogen) atoms. The molecule has 7 nitrogen and oxygen atoms in total. The Morgan fingerprint density at radius 3 is 2.40 bits per heavy atom. The van der Waals surface area contributed by atoms with Crippen LogP contribution >= 0.6 is 62.2 Å². The maximum atomic E-state index is 12.1. The van der Waals surface area contributed by atoms with Crippen LogP contribution in [-0.4, -0.2) is 79.1 Å². The fourth-order valence-electron chi connectivity index (χ4n) is 7.26. The minimum atomic E-state index is -0.503. The van der Waals surface area contributed by atoms with Gasteiger partial charge in [-0.3, -0.25) is 0 Å². The van der Waals surface area contributed by atoms with Crippen molar-refractivity contribution in [3.05, 3.63) is 29.3 Å². The number of benzene rings is 1. The van der Waals surface area contributed by atoms with Gasteiger partial charge in [-0.25, -0.2) is 4.79 Å². The van der Waals surface area contributed by atoms with Crippen LogP contribution < -0.4 is 4.74 Å². The minimum absolute atomic E-state index is 0.00200. The average Bonchev–Trinajstić information content (AvgIpc) is 3.06. The average molecular weight is 969 g/mol. The van der Waals surface area contributed by atoms with E-state index in [0.717, 1.165) is 63.5 Å². The van der Waals surface area contributed by atoms with Crippen LogP contribution in [0.15, 0.2) is 18.2 Å². The molecule has 0 N–H and O–H groups in total. The van der Waals surface area contributed by atoms with Crippen molar-refractivity contribution < 1.29 is 33.2 Å². The van der Waals surface area contributed by atoms with Crippen LogP contribution in [0.5, 0.6) is 5.75 Å². The third-order valence-corrected chi connectivity index (χ3v) is 21.7. The Bertz CT molecular complexity index is 1150. The molecule has 0 aromatic heterocycles. The summed E-state index contributed by atoms with van der Waals surface area (Å²) in [5.74, 6) is 1.03. The molecule has 10 heteroatoms. The van der Waals surface area contributed by atoms with E-state index in [0.29, 0.717) is 19.3 Å². The fourth-order valence-corrected chi connectivity index (χ4v) is 20.5. The highest BCUT2D eigenvalue weighted by atomic mass is 127. The molecular weight excluding hydrogens is 913 g/mol. The van der Waals surface area contributed by atoms with E-state index in [9.17, 15) is 4.79 Å². The van der Waals surface area contributed by atoms with Gasteiger partial charge in [0.25, 0.3) is 0 Å². The van der Waals surface area contributed by atoms with Crippen molar-refractivity contribution in [3.63, 3.8) is 0 Å². The van der Waals surface area contributed by atoms with Crippen LogP contribution in [0.4, 0.5) is 0 Å². The first-order chi connectivity index (χ1) is 21.5. The molecule has 3 rings (SSSR count). The van der Waals surface area contributed by atoms with Gasteiger partial charge in [0.1, 0.15) is 24.8 Å². The first kappa shape index (κ1) is 39.6. The second-order valence-electron chi connectivity index (χ2n) is 13.1. The number of esters is 1. The van der Waals surface area contributed by atoms with E-state index in [1.165, 1.54) is 11.1 Å². The van der Waals surface area contributed by atoms with E-state index >= 15 is 0 Å². The molecule has 1 saturated carbocycles. The molecule has 0 aliphatic heterocycles. The molecule has 0 spiro atoms. The highest BCUT2D eigenvalue weighted by molar-refractivity contribution is 14.2. The van der Waals surface area contributed by atoms with E-state index in [2.05, 4.69) is 25.1 Å². The fraction of sp³-hybridized carbons (Fsp3) is 0.714. The summed E-state index contributed by atoms with van der Waals surface area (Å²) in [6, 6.07) is 6.77. The number of halogens is 3. The summed E-state index contributed by atoms with van der Waals surface area (Å²) in [6.07, 6.45) is 9.66. The highest BCUT2D eigenvalue weighted by Gasteiger charge is 2.65. The first-order valence-corrected chi connectivity index (χ1v) is 23.6. The van der Waals surface area contributed by atoms with Gasteiger partial charge in [0.05, 0.1) is 12.9 Å².